The molecule has 1 aliphatic carbocycles. The van der Waals surface area contributed by atoms with Gasteiger partial charge in [-0.15, -0.1) is 0 Å². The maximum absolute atomic E-state index is 5.82. The van der Waals surface area contributed by atoms with Gasteiger partial charge in [-0.25, -0.2) is 0 Å². The number of rotatable bonds is 3. The van der Waals surface area contributed by atoms with Crippen molar-refractivity contribution in [1.29, 1.82) is 0 Å². The molecule has 3 rings (SSSR count). The van der Waals surface area contributed by atoms with Gasteiger partial charge in [-0.2, -0.15) is 4.98 Å². The van der Waals surface area contributed by atoms with Crippen LogP contribution in [0.3, 0.4) is 0 Å². The molecule has 1 N–H and O–H groups in total. The summed E-state index contributed by atoms with van der Waals surface area (Å²) in [5.74, 6) is 1.48. The number of methoxy groups -OCH3 is 1. The second kappa shape index (κ2) is 5.59. The number of ether oxygens (including phenoxy) is 1. The minimum absolute atomic E-state index is 0.237. The average Bonchev–Trinajstić information content (AvgIpc) is 3.06. The fourth-order valence-corrected chi connectivity index (χ4v) is 3.28. The molecule has 1 aromatic heterocycles. The minimum atomic E-state index is -0.323. The fraction of sp³-hybridized carbons (Fsp3) is 0.857. The molecule has 1 saturated heterocycles. The molecular formula is C14H23N3O2. The highest BCUT2D eigenvalue weighted by Gasteiger charge is 2.38. The first kappa shape index (κ1) is 13.1. The van der Waals surface area contributed by atoms with Crippen molar-refractivity contribution in [3.05, 3.63) is 11.7 Å². The standard InChI is InChI=1S/C14H23N3O2/c1-18-14(8-4-2-3-5-9-14)13-16-12(19-17-13)11-7-6-10-15-11/h11,15H,2-10H2,1H3/t11-/m0/s1. The van der Waals surface area contributed by atoms with Crippen LogP contribution in [0.1, 0.15) is 69.1 Å². The van der Waals surface area contributed by atoms with Crippen LogP contribution < -0.4 is 5.32 Å². The molecule has 0 spiro atoms. The SMILES string of the molecule is COC1(c2noc([C@@H]3CCCN3)n2)CCCCCC1. The van der Waals surface area contributed by atoms with Crippen LogP contribution in [0.25, 0.3) is 0 Å². The zero-order chi connectivity index (χ0) is 13.1. The van der Waals surface area contributed by atoms with E-state index in [1.165, 1.54) is 32.1 Å². The summed E-state index contributed by atoms with van der Waals surface area (Å²) in [4.78, 5) is 4.64. The lowest BCUT2D eigenvalue weighted by atomic mass is 9.93. The lowest BCUT2D eigenvalue weighted by Gasteiger charge is -2.27. The van der Waals surface area contributed by atoms with Crippen molar-refractivity contribution in [1.82, 2.24) is 15.5 Å². The topological polar surface area (TPSA) is 60.2 Å². The van der Waals surface area contributed by atoms with Gasteiger partial charge in [0.15, 0.2) is 0 Å². The molecule has 0 bridgehead atoms. The predicted molar refractivity (Wildman–Crippen MR) is 70.7 cm³/mol. The van der Waals surface area contributed by atoms with Gasteiger partial charge in [0, 0.05) is 7.11 Å². The summed E-state index contributed by atoms with van der Waals surface area (Å²) in [5, 5.41) is 7.61. The van der Waals surface area contributed by atoms with Gasteiger partial charge in [0.05, 0.1) is 6.04 Å². The number of aromatic nitrogens is 2. The van der Waals surface area contributed by atoms with E-state index in [2.05, 4.69) is 15.5 Å². The van der Waals surface area contributed by atoms with Crippen LogP contribution in [-0.2, 0) is 10.3 Å². The Morgan fingerprint density at radius 1 is 1.21 bits per heavy atom. The van der Waals surface area contributed by atoms with Crippen molar-refractivity contribution in [2.75, 3.05) is 13.7 Å². The van der Waals surface area contributed by atoms with Gasteiger partial charge in [0.1, 0.15) is 5.60 Å². The summed E-state index contributed by atoms with van der Waals surface area (Å²) in [6.07, 6.45) is 9.18. The highest BCUT2D eigenvalue weighted by atomic mass is 16.5. The first-order valence-electron chi connectivity index (χ1n) is 7.47. The van der Waals surface area contributed by atoms with Crippen LogP contribution >= 0.6 is 0 Å². The smallest absolute Gasteiger partial charge is 0.243 e. The highest BCUT2D eigenvalue weighted by Crippen LogP contribution is 2.38. The van der Waals surface area contributed by atoms with Crippen LogP contribution in [0, 0.1) is 0 Å². The van der Waals surface area contributed by atoms with Crippen molar-refractivity contribution in [2.24, 2.45) is 0 Å². The zero-order valence-corrected chi connectivity index (χ0v) is 11.7. The van der Waals surface area contributed by atoms with Gasteiger partial charge in [0.2, 0.25) is 11.7 Å². The van der Waals surface area contributed by atoms with Crippen LogP contribution in [-0.4, -0.2) is 23.8 Å². The number of hydrogen-bond donors (Lipinski definition) is 1. The third kappa shape index (κ3) is 2.54. The Balaban J connectivity index is 1.82. The third-order valence-electron chi connectivity index (χ3n) is 4.51. The monoisotopic (exact) mass is 265 g/mol. The fourth-order valence-electron chi connectivity index (χ4n) is 3.28. The van der Waals surface area contributed by atoms with Crippen molar-refractivity contribution < 1.29 is 9.26 Å². The van der Waals surface area contributed by atoms with Gasteiger partial charge in [-0.05, 0) is 32.2 Å². The Bertz CT molecular complexity index is 405. The van der Waals surface area contributed by atoms with E-state index < -0.39 is 0 Å². The van der Waals surface area contributed by atoms with Gasteiger partial charge in [0.25, 0.3) is 0 Å². The molecule has 106 valence electrons. The maximum atomic E-state index is 5.82. The lowest BCUT2D eigenvalue weighted by molar-refractivity contribution is -0.0365. The molecule has 1 atom stereocenters. The van der Waals surface area contributed by atoms with E-state index in [0.717, 1.165) is 37.5 Å². The Hall–Kier alpha value is -0.940. The Kier molecular flexibility index (Phi) is 3.84. The van der Waals surface area contributed by atoms with Gasteiger partial charge in [-0.1, -0.05) is 30.8 Å². The van der Waals surface area contributed by atoms with Gasteiger partial charge < -0.3 is 14.6 Å². The summed E-state index contributed by atoms with van der Waals surface area (Å²) in [7, 11) is 1.77. The largest absolute Gasteiger partial charge is 0.370 e. The van der Waals surface area contributed by atoms with E-state index in [-0.39, 0.29) is 11.6 Å². The maximum Gasteiger partial charge on any atom is 0.243 e. The number of hydrogen-bond acceptors (Lipinski definition) is 5. The molecule has 5 heteroatoms. The van der Waals surface area contributed by atoms with E-state index in [0.29, 0.717) is 0 Å². The molecule has 2 fully saturated rings. The van der Waals surface area contributed by atoms with E-state index in [9.17, 15) is 0 Å². The van der Waals surface area contributed by atoms with Crippen LogP contribution in [0.4, 0.5) is 0 Å². The average molecular weight is 265 g/mol. The Morgan fingerprint density at radius 2 is 2.00 bits per heavy atom. The second-order valence-electron chi connectivity index (χ2n) is 5.72. The van der Waals surface area contributed by atoms with Crippen LogP contribution in [0.5, 0.6) is 0 Å². The minimum Gasteiger partial charge on any atom is -0.370 e. The van der Waals surface area contributed by atoms with E-state index in [1.807, 2.05) is 0 Å². The van der Waals surface area contributed by atoms with E-state index in [1.54, 1.807) is 7.11 Å². The predicted octanol–water partition coefficient (Wildman–Crippen LogP) is 2.69. The molecule has 0 aromatic carbocycles. The molecule has 1 aliphatic heterocycles. The summed E-state index contributed by atoms with van der Waals surface area (Å²) in [6.45, 7) is 1.04. The highest BCUT2D eigenvalue weighted by molar-refractivity contribution is 5.05. The molecule has 19 heavy (non-hydrogen) atoms. The van der Waals surface area contributed by atoms with Crippen LogP contribution in [0.15, 0.2) is 4.52 Å². The molecule has 2 aliphatic rings. The third-order valence-corrected chi connectivity index (χ3v) is 4.51. The molecule has 5 nitrogen and oxygen atoms in total. The Morgan fingerprint density at radius 3 is 2.63 bits per heavy atom. The van der Waals surface area contributed by atoms with Gasteiger partial charge in [-0.3, -0.25) is 0 Å². The molecule has 0 unspecified atom stereocenters. The number of nitrogens with one attached hydrogen (secondary N) is 1. The normalized spacial score (nSPS) is 27.3. The van der Waals surface area contributed by atoms with Crippen molar-refractivity contribution >= 4 is 0 Å². The van der Waals surface area contributed by atoms with Crippen molar-refractivity contribution in [3.8, 4) is 0 Å². The Labute approximate surface area is 114 Å². The molecule has 1 saturated carbocycles. The molecule has 0 amide bonds. The van der Waals surface area contributed by atoms with Crippen molar-refractivity contribution in [3.63, 3.8) is 0 Å². The lowest BCUT2D eigenvalue weighted by Crippen LogP contribution is -2.29. The summed E-state index contributed by atoms with van der Waals surface area (Å²) < 4.78 is 11.3. The molecule has 2 heterocycles. The summed E-state index contributed by atoms with van der Waals surface area (Å²) in [5.41, 5.74) is -0.323. The van der Waals surface area contributed by atoms with E-state index >= 15 is 0 Å². The first-order chi connectivity index (χ1) is 9.34. The second-order valence-corrected chi connectivity index (χ2v) is 5.72. The van der Waals surface area contributed by atoms with Crippen LogP contribution in [0.2, 0.25) is 0 Å². The summed E-state index contributed by atoms with van der Waals surface area (Å²) in [6, 6.07) is 0.237. The first-order valence-corrected chi connectivity index (χ1v) is 7.47. The van der Waals surface area contributed by atoms with E-state index in [4.69, 9.17) is 9.26 Å². The molecule has 1 aromatic rings. The molecule has 0 radical (unpaired) electrons. The molecular weight excluding hydrogens is 242 g/mol. The van der Waals surface area contributed by atoms with Crippen molar-refractivity contribution in [2.45, 2.75) is 63.0 Å². The van der Waals surface area contributed by atoms with Gasteiger partial charge >= 0.3 is 0 Å². The summed E-state index contributed by atoms with van der Waals surface area (Å²) >= 11 is 0. The zero-order valence-electron chi connectivity index (χ0n) is 11.7. The quantitative estimate of drug-likeness (QED) is 0.851. The number of nitrogens with zero attached hydrogens (tertiary/aromatic N) is 2.